The molecule has 0 saturated heterocycles. The maximum Gasteiger partial charge on any atom is 0.416 e. The monoisotopic (exact) mass is 296 g/mol. The van der Waals surface area contributed by atoms with Crippen molar-refractivity contribution < 1.29 is 17.9 Å². The minimum Gasteiger partial charge on any atom is -0.496 e. The van der Waals surface area contributed by atoms with Gasteiger partial charge in [0.1, 0.15) is 5.75 Å². The van der Waals surface area contributed by atoms with Crippen molar-refractivity contribution in [2.45, 2.75) is 12.2 Å². The van der Waals surface area contributed by atoms with E-state index in [9.17, 15) is 13.2 Å². The van der Waals surface area contributed by atoms with Gasteiger partial charge in [0.05, 0.1) is 18.7 Å². The first kappa shape index (κ1) is 15.3. The van der Waals surface area contributed by atoms with E-state index in [0.29, 0.717) is 11.3 Å². The molecule has 1 aromatic heterocycles. The highest BCUT2D eigenvalue weighted by Crippen LogP contribution is 2.37. The third kappa shape index (κ3) is 3.16. The van der Waals surface area contributed by atoms with Gasteiger partial charge in [-0.15, -0.1) is 0 Å². The molecule has 112 valence electrons. The second kappa shape index (κ2) is 6.13. The van der Waals surface area contributed by atoms with Gasteiger partial charge in [0.2, 0.25) is 0 Å². The molecule has 1 heterocycles. The number of ether oxygens (including phenoxy) is 1. The summed E-state index contributed by atoms with van der Waals surface area (Å²) in [6.45, 7) is 0. The van der Waals surface area contributed by atoms with Crippen LogP contribution in [0.1, 0.15) is 22.7 Å². The van der Waals surface area contributed by atoms with Gasteiger partial charge >= 0.3 is 6.18 Å². The topological polar surface area (TPSA) is 34.1 Å². The Morgan fingerprint density at radius 2 is 1.86 bits per heavy atom. The molecule has 0 saturated carbocycles. The first-order valence-corrected chi connectivity index (χ1v) is 6.30. The lowest BCUT2D eigenvalue weighted by Crippen LogP contribution is -2.22. The molecule has 1 N–H and O–H groups in total. The summed E-state index contributed by atoms with van der Waals surface area (Å²) in [6.07, 6.45) is -2.06. The van der Waals surface area contributed by atoms with Crippen LogP contribution < -0.4 is 10.1 Å². The molecule has 2 rings (SSSR count). The number of aromatic nitrogens is 1. The Kier molecular flexibility index (Phi) is 4.47. The van der Waals surface area contributed by atoms with Gasteiger partial charge < -0.3 is 10.1 Å². The van der Waals surface area contributed by atoms with Crippen LogP contribution in [-0.2, 0) is 6.18 Å². The maximum absolute atomic E-state index is 13.2. The zero-order valence-electron chi connectivity index (χ0n) is 11.6. The number of hydrogen-bond acceptors (Lipinski definition) is 3. The maximum atomic E-state index is 13.2. The first-order chi connectivity index (χ1) is 9.99. The number of halogens is 3. The lowest BCUT2D eigenvalue weighted by atomic mass is 9.95. The molecule has 3 nitrogen and oxygen atoms in total. The third-order valence-electron chi connectivity index (χ3n) is 3.21. The molecule has 1 aromatic carbocycles. The molecule has 0 fully saturated rings. The third-order valence-corrected chi connectivity index (χ3v) is 3.21. The van der Waals surface area contributed by atoms with Crippen LogP contribution in [0.5, 0.6) is 5.75 Å². The Balaban J connectivity index is 2.58. The molecular weight excluding hydrogens is 281 g/mol. The van der Waals surface area contributed by atoms with Gasteiger partial charge in [0.25, 0.3) is 0 Å². The van der Waals surface area contributed by atoms with E-state index in [-0.39, 0.29) is 5.56 Å². The molecule has 1 atom stereocenters. The van der Waals surface area contributed by atoms with E-state index in [4.69, 9.17) is 4.74 Å². The summed E-state index contributed by atoms with van der Waals surface area (Å²) in [4.78, 5) is 3.83. The summed E-state index contributed by atoms with van der Waals surface area (Å²) < 4.78 is 44.7. The standard InChI is InChI=1S/C15H15F3N2O/c1-19-14(10-5-3-4-6-13(10)21-2)11-9-20-8-7-12(11)15(16,17)18/h3-9,14,19H,1-2H3. The van der Waals surface area contributed by atoms with Gasteiger partial charge in [0.15, 0.2) is 0 Å². The molecule has 0 bridgehead atoms. The van der Waals surface area contributed by atoms with Crippen LogP contribution in [-0.4, -0.2) is 19.1 Å². The fourth-order valence-corrected chi connectivity index (χ4v) is 2.28. The van der Waals surface area contributed by atoms with Crippen molar-refractivity contribution >= 4 is 0 Å². The van der Waals surface area contributed by atoms with Crippen LogP contribution in [0.4, 0.5) is 13.2 Å². The van der Waals surface area contributed by atoms with Crippen molar-refractivity contribution in [3.63, 3.8) is 0 Å². The smallest absolute Gasteiger partial charge is 0.416 e. The predicted molar refractivity (Wildman–Crippen MR) is 73.1 cm³/mol. The number of nitrogens with zero attached hydrogens (tertiary/aromatic N) is 1. The summed E-state index contributed by atoms with van der Waals surface area (Å²) in [5.41, 5.74) is -0.0132. The highest BCUT2D eigenvalue weighted by Gasteiger charge is 2.35. The van der Waals surface area contributed by atoms with E-state index in [0.717, 1.165) is 12.3 Å². The Morgan fingerprint density at radius 1 is 1.14 bits per heavy atom. The number of alkyl halides is 3. The normalized spacial score (nSPS) is 13.0. The predicted octanol–water partition coefficient (Wildman–Crippen LogP) is 3.42. The largest absolute Gasteiger partial charge is 0.496 e. The second-order valence-corrected chi connectivity index (χ2v) is 4.42. The molecular formula is C15H15F3N2O. The number of rotatable bonds is 4. The SMILES string of the molecule is CNC(c1ccccc1OC)c1cnccc1C(F)(F)F. The second-order valence-electron chi connectivity index (χ2n) is 4.42. The molecule has 2 aromatic rings. The zero-order chi connectivity index (χ0) is 15.5. The average molecular weight is 296 g/mol. The molecule has 1 unspecified atom stereocenters. The first-order valence-electron chi connectivity index (χ1n) is 6.30. The van der Waals surface area contributed by atoms with E-state index < -0.39 is 17.8 Å². The van der Waals surface area contributed by atoms with Crippen LogP contribution in [0, 0.1) is 0 Å². The number of hydrogen-bond donors (Lipinski definition) is 1. The molecule has 0 aliphatic heterocycles. The molecule has 21 heavy (non-hydrogen) atoms. The van der Waals surface area contributed by atoms with Gasteiger partial charge in [-0.1, -0.05) is 18.2 Å². The Bertz CT molecular complexity index is 614. The van der Waals surface area contributed by atoms with Crippen LogP contribution in [0.3, 0.4) is 0 Å². The summed E-state index contributed by atoms with van der Waals surface area (Å²) in [6, 6.07) is 7.28. The van der Waals surface area contributed by atoms with E-state index >= 15 is 0 Å². The summed E-state index contributed by atoms with van der Waals surface area (Å²) >= 11 is 0. The zero-order valence-corrected chi connectivity index (χ0v) is 11.6. The number of methoxy groups -OCH3 is 1. The minimum atomic E-state index is -4.44. The fraction of sp³-hybridized carbons (Fsp3) is 0.267. The Morgan fingerprint density at radius 3 is 2.48 bits per heavy atom. The average Bonchev–Trinajstić information content (AvgIpc) is 2.48. The van der Waals surface area contributed by atoms with Gasteiger partial charge in [-0.05, 0) is 19.2 Å². The van der Waals surface area contributed by atoms with Crippen molar-refractivity contribution in [3.8, 4) is 5.75 Å². The molecule has 0 aliphatic carbocycles. The minimum absolute atomic E-state index is 0.0667. The van der Waals surface area contributed by atoms with E-state index in [1.54, 1.807) is 31.3 Å². The number of nitrogens with one attached hydrogen (secondary N) is 1. The van der Waals surface area contributed by atoms with Crippen molar-refractivity contribution in [1.29, 1.82) is 0 Å². The Hall–Kier alpha value is -2.08. The molecule has 0 spiro atoms. The number of benzene rings is 1. The lowest BCUT2D eigenvalue weighted by molar-refractivity contribution is -0.138. The highest BCUT2D eigenvalue weighted by atomic mass is 19.4. The van der Waals surface area contributed by atoms with Crippen LogP contribution >= 0.6 is 0 Å². The quantitative estimate of drug-likeness (QED) is 0.938. The van der Waals surface area contributed by atoms with Gasteiger partial charge in [-0.2, -0.15) is 13.2 Å². The van der Waals surface area contributed by atoms with Crippen LogP contribution in [0.15, 0.2) is 42.7 Å². The van der Waals surface area contributed by atoms with Gasteiger partial charge in [-0.3, -0.25) is 4.98 Å². The Labute approximate surface area is 120 Å². The molecule has 0 radical (unpaired) electrons. The molecule has 6 heteroatoms. The van der Waals surface area contributed by atoms with Crippen molar-refractivity contribution in [1.82, 2.24) is 10.3 Å². The van der Waals surface area contributed by atoms with Gasteiger partial charge in [0, 0.05) is 23.5 Å². The van der Waals surface area contributed by atoms with Crippen molar-refractivity contribution in [2.75, 3.05) is 14.2 Å². The molecule has 0 aliphatic rings. The summed E-state index contributed by atoms with van der Waals surface area (Å²) in [5, 5.41) is 2.90. The van der Waals surface area contributed by atoms with Crippen LogP contribution in [0.25, 0.3) is 0 Å². The summed E-state index contributed by atoms with van der Waals surface area (Å²) in [7, 11) is 3.09. The number of para-hydroxylation sites is 1. The van der Waals surface area contributed by atoms with E-state index in [1.165, 1.54) is 13.3 Å². The van der Waals surface area contributed by atoms with E-state index in [2.05, 4.69) is 10.3 Å². The highest BCUT2D eigenvalue weighted by molar-refractivity contribution is 5.43. The summed E-state index contributed by atoms with van der Waals surface area (Å²) in [5.74, 6) is 0.522. The van der Waals surface area contributed by atoms with Crippen LogP contribution in [0.2, 0.25) is 0 Å². The van der Waals surface area contributed by atoms with Gasteiger partial charge in [-0.25, -0.2) is 0 Å². The van der Waals surface area contributed by atoms with E-state index in [1.807, 2.05) is 0 Å². The number of pyridine rings is 1. The molecule has 0 amide bonds. The lowest BCUT2D eigenvalue weighted by Gasteiger charge is -2.22. The fourth-order valence-electron chi connectivity index (χ4n) is 2.28. The van der Waals surface area contributed by atoms with Crippen molar-refractivity contribution in [3.05, 3.63) is 59.4 Å². The van der Waals surface area contributed by atoms with Crippen molar-refractivity contribution in [2.24, 2.45) is 0 Å².